The molecule has 0 saturated carbocycles. The summed E-state index contributed by atoms with van der Waals surface area (Å²) in [4.78, 5) is 14.9. The SMILES string of the molecule is COc1ccc(Cl)c2nc(N)c(C(=O)O)cc12. The summed E-state index contributed by atoms with van der Waals surface area (Å²) in [6.07, 6.45) is 0. The predicted molar refractivity (Wildman–Crippen MR) is 64.7 cm³/mol. The van der Waals surface area contributed by atoms with Crippen molar-refractivity contribution in [3.05, 3.63) is 28.8 Å². The second-order valence-electron chi connectivity index (χ2n) is 3.37. The van der Waals surface area contributed by atoms with Gasteiger partial charge in [0.2, 0.25) is 0 Å². The molecular formula is C11H9ClN2O3. The van der Waals surface area contributed by atoms with Crippen LogP contribution in [0.5, 0.6) is 5.75 Å². The van der Waals surface area contributed by atoms with Crippen LogP contribution in [0.3, 0.4) is 0 Å². The van der Waals surface area contributed by atoms with Crippen molar-refractivity contribution in [1.29, 1.82) is 0 Å². The van der Waals surface area contributed by atoms with Crippen molar-refractivity contribution in [2.45, 2.75) is 0 Å². The molecule has 0 atom stereocenters. The smallest absolute Gasteiger partial charge is 0.339 e. The zero-order chi connectivity index (χ0) is 12.6. The highest BCUT2D eigenvalue weighted by atomic mass is 35.5. The van der Waals surface area contributed by atoms with Crippen LogP contribution in [0.25, 0.3) is 10.9 Å². The first-order valence-corrected chi connectivity index (χ1v) is 5.08. The largest absolute Gasteiger partial charge is 0.496 e. The molecule has 1 aromatic heterocycles. The molecule has 0 radical (unpaired) electrons. The number of halogens is 1. The van der Waals surface area contributed by atoms with Crippen LogP contribution in [0.4, 0.5) is 5.82 Å². The third-order valence-corrected chi connectivity index (χ3v) is 2.68. The Balaban J connectivity index is 2.87. The van der Waals surface area contributed by atoms with E-state index in [1.54, 1.807) is 12.1 Å². The van der Waals surface area contributed by atoms with Crippen molar-refractivity contribution < 1.29 is 14.6 Å². The maximum absolute atomic E-state index is 11.0. The molecule has 0 saturated heterocycles. The van der Waals surface area contributed by atoms with E-state index in [9.17, 15) is 4.79 Å². The first kappa shape index (κ1) is 11.5. The number of nitrogen functional groups attached to an aromatic ring is 1. The molecule has 0 spiro atoms. The van der Waals surface area contributed by atoms with E-state index >= 15 is 0 Å². The Morgan fingerprint density at radius 2 is 2.24 bits per heavy atom. The molecule has 17 heavy (non-hydrogen) atoms. The summed E-state index contributed by atoms with van der Waals surface area (Å²) in [7, 11) is 1.49. The molecule has 0 aliphatic heterocycles. The van der Waals surface area contributed by atoms with Gasteiger partial charge >= 0.3 is 5.97 Å². The van der Waals surface area contributed by atoms with Crippen LogP contribution in [0, 0.1) is 0 Å². The summed E-state index contributed by atoms with van der Waals surface area (Å²) in [5, 5.41) is 9.88. The molecule has 0 amide bonds. The summed E-state index contributed by atoms with van der Waals surface area (Å²) in [5.41, 5.74) is 5.91. The van der Waals surface area contributed by atoms with E-state index in [2.05, 4.69) is 4.98 Å². The third-order valence-electron chi connectivity index (χ3n) is 2.38. The summed E-state index contributed by atoms with van der Waals surface area (Å²) < 4.78 is 5.12. The number of nitrogens with two attached hydrogens (primary N) is 1. The van der Waals surface area contributed by atoms with Crippen molar-refractivity contribution in [3.8, 4) is 5.75 Å². The number of aromatic nitrogens is 1. The van der Waals surface area contributed by atoms with Gasteiger partial charge in [0, 0.05) is 5.39 Å². The lowest BCUT2D eigenvalue weighted by Gasteiger charge is -2.08. The number of pyridine rings is 1. The van der Waals surface area contributed by atoms with Crippen molar-refractivity contribution in [2.24, 2.45) is 0 Å². The summed E-state index contributed by atoms with van der Waals surface area (Å²) in [6.45, 7) is 0. The minimum atomic E-state index is -1.14. The van der Waals surface area contributed by atoms with Crippen molar-refractivity contribution in [3.63, 3.8) is 0 Å². The Morgan fingerprint density at radius 3 is 2.82 bits per heavy atom. The van der Waals surface area contributed by atoms with Gasteiger partial charge in [-0.3, -0.25) is 0 Å². The van der Waals surface area contributed by atoms with Gasteiger partial charge in [0.05, 0.1) is 17.6 Å². The number of hydrogen-bond donors (Lipinski definition) is 2. The monoisotopic (exact) mass is 252 g/mol. The van der Waals surface area contributed by atoms with Crippen LogP contribution in [0.2, 0.25) is 5.02 Å². The number of ether oxygens (including phenoxy) is 1. The number of carboxylic acids is 1. The van der Waals surface area contributed by atoms with Crippen LogP contribution in [0.15, 0.2) is 18.2 Å². The van der Waals surface area contributed by atoms with Crippen molar-refractivity contribution >= 4 is 34.3 Å². The number of carbonyl (C=O) groups is 1. The van der Waals surface area contributed by atoms with Gasteiger partial charge in [0.15, 0.2) is 0 Å². The van der Waals surface area contributed by atoms with Crippen LogP contribution in [-0.2, 0) is 0 Å². The van der Waals surface area contributed by atoms with Gasteiger partial charge in [-0.2, -0.15) is 0 Å². The summed E-state index contributed by atoms with van der Waals surface area (Å²) >= 11 is 5.97. The van der Waals surface area contributed by atoms with E-state index in [1.165, 1.54) is 13.2 Å². The number of anilines is 1. The molecular weight excluding hydrogens is 244 g/mol. The predicted octanol–water partition coefficient (Wildman–Crippen LogP) is 2.18. The molecule has 0 fully saturated rings. The number of hydrogen-bond acceptors (Lipinski definition) is 4. The van der Waals surface area contributed by atoms with Gasteiger partial charge in [-0.05, 0) is 18.2 Å². The number of carboxylic acid groups (broad SMARTS) is 1. The Kier molecular flexibility index (Phi) is 2.77. The Morgan fingerprint density at radius 1 is 1.53 bits per heavy atom. The lowest BCUT2D eigenvalue weighted by molar-refractivity contribution is 0.0698. The molecule has 3 N–H and O–H groups in total. The lowest BCUT2D eigenvalue weighted by atomic mass is 10.1. The molecule has 88 valence electrons. The number of methoxy groups -OCH3 is 1. The number of aromatic carboxylic acids is 1. The standard InChI is InChI=1S/C11H9ClN2O3/c1-17-8-3-2-7(12)9-5(8)4-6(11(15)16)10(13)14-9/h2-4H,1H3,(H2,13,14)(H,15,16). The molecule has 0 bridgehead atoms. The Bertz CT molecular complexity index is 613. The molecule has 2 rings (SSSR count). The number of nitrogens with zero attached hydrogens (tertiary/aromatic N) is 1. The lowest BCUT2D eigenvalue weighted by Crippen LogP contribution is -2.05. The Hall–Kier alpha value is -2.01. The maximum atomic E-state index is 11.0. The molecule has 2 aromatic rings. The van der Waals surface area contributed by atoms with E-state index in [0.717, 1.165) is 0 Å². The molecule has 0 aliphatic carbocycles. The fraction of sp³-hybridized carbons (Fsp3) is 0.0909. The molecule has 6 heteroatoms. The zero-order valence-corrected chi connectivity index (χ0v) is 9.65. The quantitative estimate of drug-likeness (QED) is 0.856. The van der Waals surface area contributed by atoms with E-state index in [-0.39, 0.29) is 11.4 Å². The first-order valence-electron chi connectivity index (χ1n) is 4.70. The average Bonchev–Trinajstić information content (AvgIpc) is 2.29. The fourth-order valence-electron chi connectivity index (χ4n) is 1.56. The van der Waals surface area contributed by atoms with Crippen LogP contribution in [-0.4, -0.2) is 23.2 Å². The molecule has 0 unspecified atom stereocenters. The average molecular weight is 253 g/mol. The Labute approximate surface area is 102 Å². The number of fused-ring (bicyclic) bond motifs is 1. The first-order chi connectivity index (χ1) is 8.04. The van der Waals surface area contributed by atoms with Crippen LogP contribution < -0.4 is 10.5 Å². The van der Waals surface area contributed by atoms with Gasteiger partial charge in [-0.1, -0.05) is 11.6 Å². The highest BCUT2D eigenvalue weighted by Gasteiger charge is 2.14. The number of rotatable bonds is 2. The minimum Gasteiger partial charge on any atom is -0.496 e. The molecule has 1 heterocycles. The minimum absolute atomic E-state index is 0.0693. The van der Waals surface area contributed by atoms with Gasteiger partial charge in [-0.15, -0.1) is 0 Å². The van der Waals surface area contributed by atoms with Crippen LogP contribution in [0.1, 0.15) is 10.4 Å². The topological polar surface area (TPSA) is 85.4 Å². The van der Waals surface area contributed by atoms with E-state index in [4.69, 9.17) is 27.2 Å². The van der Waals surface area contributed by atoms with Crippen molar-refractivity contribution in [2.75, 3.05) is 12.8 Å². The maximum Gasteiger partial charge on any atom is 0.339 e. The van der Waals surface area contributed by atoms with E-state index in [1.807, 2.05) is 0 Å². The summed E-state index contributed by atoms with van der Waals surface area (Å²) in [6, 6.07) is 4.68. The highest BCUT2D eigenvalue weighted by molar-refractivity contribution is 6.35. The molecule has 5 nitrogen and oxygen atoms in total. The van der Waals surface area contributed by atoms with Crippen LogP contribution >= 0.6 is 11.6 Å². The third kappa shape index (κ3) is 1.85. The molecule has 0 aliphatic rings. The zero-order valence-electron chi connectivity index (χ0n) is 8.90. The number of benzene rings is 1. The van der Waals surface area contributed by atoms with Gasteiger partial charge in [-0.25, -0.2) is 9.78 Å². The second-order valence-corrected chi connectivity index (χ2v) is 3.78. The normalized spacial score (nSPS) is 10.5. The fourth-order valence-corrected chi connectivity index (χ4v) is 1.77. The molecule has 1 aromatic carbocycles. The second kappa shape index (κ2) is 4.10. The van der Waals surface area contributed by atoms with Gasteiger partial charge in [0.25, 0.3) is 0 Å². The van der Waals surface area contributed by atoms with Gasteiger partial charge in [0.1, 0.15) is 17.1 Å². The van der Waals surface area contributed by atoms with E-state index < -0.39 is 5.97 Å². The van der Waals surface area contributed by atoms with E-state index in [0.29, 0.717) is 21.7 Å². The highest BCUT2D eigenvalue weighted by Crippen LogP contribution is 2.32. The van der Waals surface area contributed by atoms with Crippen molar-refractivity contribution in [1.82, 2.24) is 4.98 Å². The van der Waals surface area contributed by atoms with Gasteiger partial charge < -0.3 is 15.6 Å². The summed E-state index contributed by atoms with van der Waals surface area (Å²) in [5.74, 6) is -0.710.